The van der Waals surface area contributed by atoms with Crippen LogP contribution in [-0.2, 0) is 0 Å². The summed E-state index contributed by atoms with van der Waals surface area (Å²) >= 11 is 5.67. The standard InChI is InChI=1S/C10H4ClF3N2/c11-10-9(15-3-4-16-10)5-1-2-6(12)8(14)7(5)13/h1-4H. The highest BCUT2D eigenvalue weighted by Gasteiger charge is 2.17. The fourth-order valence-electron chi connectivity index (χ4n) is 1.21. The quantitative estimate of drug-likeness (QED) is 0.720. The van der Waals surface area contributed by atoms with Crippen molar-refractivity contribution in [3.63, 3.8) is 0 Å². The second-order valence-corrected chi connectivity index (χ2v) is 3.28. The normalized spacial score (nSPS) is 10.5. The molecule has 0 aliphatic carbocycles. The number of aromatic nitrogens is 2. The Kier molecular flexibility index (Phi) is 2.78. The zero-order chi connectivity index (χ0) is 11.7. The molecule has 82 valence electrons. The van der Waals surface area contributed by atoms with E-state index < -0.39 is 17.5 Å². The minimum absolute atomic E-state index is 0.0273. The molecular weight excluding hydrogens is 241 g/mol. The zero-order valence-electron chi connectivity index (χ0n) is 7.72. The van der Waals surface area contributed by atoms with Gasteiger partial charge in [0.05, 0.1) is 0 Å². The molecule has 1 aromatic carbocycles. The first-order valence-corrected chi connectivity index (χ1v) is 4.59. The first-order chi connectivity index (χ1) is 7.61. The molecule has 16 heavy (non-hydrogen) atoms. The number of hydrogen-bond donors (Lipinski definition) is 0. The Bertz CT molecular complexity index is 546. The Balaban J connectivity index is 2.66. The lowest BCUT2D eigenvalue weighted by Gasteiger charge is -2.04. The summed E-state index contributed by atoms with van der Waals surface area (Å²) in [4.78, 5) is 7.43. The average molecular weight is 245 g/mol. The van der Waals surface area contributed by atoms with Crippen molar-refractivity contribution in [2.24, 2.45) is 0 Å². The second-order valence-electron chi connectivity index (χ2n) is 2.92. The van der Waals surface area contributed by atoms with E-state index in [2.05, 4.69) is 9.97 Å². The van der Waals surface area contributed by atoms with Crippen molar-refractivity contribution in [2.75, 3.05) is 0 Å². The van der Waals surface area contributed by atoms with Gasteiger partial charge in [0.1, 0.15) is 5.69 Å². The Morgan fingerprint density at radius 1 is 0.938 bits per heavy atom. The predicted octanol–water partition coefficient (Wildman–Crippen LogP) is 3.21. The topological polar surface area (TPSA) is 25.8 Å². The van der Waals surface area contributed by atoms with Gasteiger partial charge in [-0.25, -0.2) is 18.2 Å². The average Bonchev–Trinajstić information content (AvgIpc) is 2.28. The molecule has 2 nitrogen and oxygen atoms in total. The molecule has 6 heteroatoms. The molecule has 1 aromatic heterocycles. The van der Waals surface area contributed by atoms with Crippen molar-refractivity contribution < 1.29 is 13.2 Å². The molecule has 0 radical (unpaired) electrons. The third kappa shape index (κ3) is 1.74. The van der Waals surface area contributed by atoms with Crippen LogP contribution in [0.3, 0.4) is 0 Å². The van der Waals surface area contributed by atoms with E-state index in [1.54, 1.807) is 0 Å². The maximum absolute atomic E-state index is 13.4. The van der Waals surface area contributed by atoms with Crippen LogP contribution in [0.4, 0.5) is 13.2 Å². The van der Waals surface area contributed by atoms with Crippen molar-refractivity contribution in [3.05, 3.63) is 47.1 Å². The molecular formula is C10H4ClF3N2. The maximum atomic E-state index is 13.4. The molecule has 2 aromatic rings. The van der Waals surface area contributed by atoms with Crippen LogP contribution in [0.2, 0.25) is 5.15 Å². The molecule has 0 aliphatic heterocycles. The van der Waals surface area contributed by atoms with E-state index in [1.807, 2.05) is 0 Å². The summed E-state index contributed by atoms with van der Waals surface area (Å²) in [5, 5.41) is -0.0765. The SMILES string of the molecule is Fc1ccc(-c2nccnc2Cl)c(F)c1F. The van der Waals surface area contributed by atoms with Crippen LogP contribution >= 0.6 is 11.6 Å². The lowest BCUT2D eigenvalue weighted by Crippen LogP contribution is -1.96. The minimum Gasteiger partial charge on any atom is -0.251 e. The van der Waals surface area contributed by atoms with E-state index >= 15 is 0 Å². The van der Waals surface area contributed by atoms with Crippen molar-refractivity contribution >= 4 is 11.6 Å². The summed E-state index contributed by atoms with van der Waals surface area (Å²) in [6.07, 6.45) is 2.59. The van der Waals surface area contributed by atoms with E-state index in [-0.39, 0.29) is 16.4 Å². The van der Waals surface area contributed by atoms with Crippen molar-refractivity contribution in [1.29, 1.82) is 0 Å². The van der Waals surface area contributed by atoms with Gasteiger partial charge in [-0.2, -0.15) is 0 Å². The van der Waals surface area contributed by atoms with Crippen LogP contribution in [0.15, 0.2) is 24.5 Å². The van der Waals surface area contributed by atoms with E-state index in [4.69, 9.17) is 11.6 Å². The molecule has 0 bridgehead atoms. The fourth-order valence-corrected chi connectivity index (χ4v) is 1.42. The zero-order valence-corrected chi connectivity index (χ0v) is 8.47. The number of halogens is 4. The molecule has 0 unspecified atom stereocenters. The maximum Gasteiger partial charge on any atom is 0.195 e. The lowest BCUT2D eigenvalue weighted by molar-refractivity contribution is 0.449. The van der Waals surface area contributed by atoms with Crippen molar-refractivity contribution in [1.82, 2.24) is 9.97 Å². The van der Waals surface area contributed by atoms with Gasteiger partial charge in [-0.05, 0) is 12.1 Å². The minimum atomic E-state index is -1.56. The van der Waals surface area contributed by atoms with Gasteiger partial charge in [-0.3, -0.25) is 4.98 Å². The molecule has 0 atom stereocenters. The van der Waals surface area contributed by atoms with E-state index in [0.29, 0.717) is 0 Å². The van der Waals surface area contributed by atoms with Crippen LogP contribution in [0.1, 0.15) is 0 Å². The van der Waals surface area contributed by atoms with Crippen LogP contribution in [0, 0.1) is 17.5 Å². The Labute approximate surface area is 93.7 Å². The highest BCUT2D eigenvalue weighted by atomic mass is 35.5. The van der Waals surface area contributed by atoms with Gasteiger partial charge in [-0.15, -0.1) is 0 Å². The summed E-state index contributed by atoms with van der Waals surface area (Å²) in [6, 6.07) is 1.86. The number of benzene rings is 1. The van der Waals surface area contributed by atoms with Crippen molar-refractivity contribution in [3.8, 4) is 11.3 Å². The first-order valence-electron chi connectivity index (χ1n) is 4.21. The van der Waals surface area contributed by atoms with Gasteiger partial charge in [0, 0.05) is 18.0 Å². The van der Waals surface area contributed by atoms with E-state index in [9.17, 15) is 13.2 Å². The van der Waals surface area contributed by atoms with Gasteiger partial charge in [0.2, 0.25) is 0 Å². The van der Waals surface area contributed by atoms with Gasteiger partial charge in [0.25, 0.3) is 0 Å². The van der Waals surface area contributed by atoms with Gasteiger partial charge >= 0.3 is 0 Å². The van der Waals surface area contributed by atoms with Gasteiger partial charge in [-0.1, -0.05) is 11.6 Å². The molecule has 1 heterocycles. The molecule has 0 saturated carbocycles. The monoisotopic (exact) mass is 244 g/mol. The summed E-state index contributed by atoms with van der Waals surface area (Å²) < 4.78 is 39.0. The largest absolute Gasteiger partial charge is 0.251 e. The molecule has 0 fully saturated rings. The Morgan fingerprint density at radius 2 is 1.62 bits per heavy atom. The van der Waals surface area contributed by atoms with Crippen LogP contribution in [-0.4, -0.2) is 9.97 Å². The lowest BCUT2D eigenvalue weighted by atomic mass is 10.1. The second kappa shape index (κ2) is 4.09. The predicted molar refractivity (Wildman–Crippen MR) is 52.4 cm³/mol. The Morgan fingerprint density at radius 3 is 2.31 bits per heavy atom. The molecule has 0 spiro atoms. The number of hydrogen-bond acceptors (Lipinski definition) is 2. The Hall–Kier alpha value is -1.62. The third-order valence-electron chi connectivity index (χ3n) is 1.94. The molecule has 0 amide bonds. The summed E-state index contributed by atoms with van der Waals surface area (Å²) in [7, 11) is 0. The number of nitrogens with zero attached hydrogens (tertiary/aromatic N) is 2. The van der Waals surface area contributed by atoms with Gasteiger partial charge < -0.3 is 0 Å². The van der Waals surface area contributed by atoms with Crippen LogP contribution in [0.5, 0.6) is 0 Å². The van der Waals surface area contributed by atoms with Crippen molar-refractivity contribution in [2.45, 2.75) is 0 Å². The fraction of sp³-hybridized carbons (Fsp3) is 0. The number of rotatable bonds is 1. The van der Waals surface area contributed by atoms with E-state index in [0.717, 1.165) is 12.1 Å². The van der Waals surface area contributed by atoms with E-state index in [1.165, 1.54) is 12.4 Å². The summed E-state index contributed by atoms with van der Waals surface area (Å²) in [5.41, 5.74) is -0.252. The molecule has 0 saturated heterocycles. The smallest absolute Gasteiger partial charge is 0.195 e. The molecule has 0 aliphatic rings. The first kappa shape index (κ1) is 10.9. The third-order valence-corrected chi connectivity index (χ3v) is 2.22. The van der Waals surface area contributed by atoms with Gasteiger partial charge in [0.15, 0.2) is 22.6 Å². The van der Waals surface area contributed by atoms with Crippen LogP contribution < -0.4 is 0 Å². The molecule has 0 N–H and O–H groups in total. The summed E-state index contributed by atoms with van der Waals surface area (Å²) in [6.45, 7) is 0. The highest BCUT2D eigenvalue weighted by molar-refractivity contribution is 6.31. The summed E-state index contributed by atoms with van der Waals surface area (Å²) in [5.74, 6) is -4.15. The highest BCUT2D eigenvalue weighted by Crippen LogP contribution is 2.28. The van der Waals surface area contributed by atoms with Crippen LogP contribution in [0.25, 0.3) is 11.3 Å². The molecule has 2 rings (SSSR count).